The predicted octanol–water partition coefficient (Wildman–Crippen LogP) is 5.81. The fraction of sp³-hybridized carbons (Fsp3) is 0.531. The number of nitrogens with zero attached hydrogens (tertiary/aromatic N) is 1. The van der Waals surface area contributed by atoms with Crippen molar-refractivity contribution in [3.05, 3.63) is 57.5 Å². The number of ketones is 1. The lowest BCUT2D eigenvalue weighted by atomic mass is 9.70. The van der Waals surface area contributed by atoms with Crippen molar-refractivity contribution in [1.82, 2.24) is 20.6 Å². The molecule has 4 rings (SSSR count). The molecular formula is C32H44N6O4. The summed E-state index contributed by atoms with van der Waals surface area (Å²) in [6, 6.07) is 8.33. The molecule has 0 radical (unpaired) electrons. The average Bonchev–Trinajstić information content (AvgIpc) is 3.24. The van der Waals surface area contributed by atoms with Gasteiger partial charge in [-0.3, -0.25) is 14.9 Å². The average molecular weight is 577 g/mol. The third kappa shape index (κ3) is 6.91. The van der Waals surface area contributed by atoms with E-state index in [-0.39, 0.29) is 34.5 Å². The molecule has 5 N–H and O–H groups in total. The normalized spacial score (nSPS) is 21.5. The SMILES string of the molecule is CC(C)c1cc(=O)nc(NC(=O)NCCCCCCNC(=O)Nc2ccc(/C=C3/C(=O)C4(C)CCC3C4(C)C)cc2)[nH]1. The van der Waals surface area contributed by atoms with Crippen LogP contribution in [0.5, 0.6) is 0 Å². The standard InChI is InChI=1S/C32H44N6O4/c1-20(2)25-19-26(39)37-28(36-25)38-30(42)34-17-9-7-6-8-16-33-29(41)35-22-12-10-21(11-13-22)18-23-24-14-15-32(5,27(23)40)31(24,3)4/h10-13,18-20,24H,6-9,14-17H2,1-5H3,(H2,33,35,41)(H3,34,36,37,38,39,42)/b23-18+. The molecule has 4 amide bonds. The van der Waals surface area contributed by atoms with E-state index < -0.39 is 11.6 Å². The Balaban J connectivity index is 1.09. The number of hydrogen-bond acceptors (Lipinski definition) is 5. The highest BCUT2D eigenvalue weighted by Gasteiger charge is 2.63. The maximum absolute atomic E-state index is 13.1. The molecule has 0 spiro atoms. The quantitative estimate of drug-likeness (QED) is 0.169. The fourth-order valence-corrected chi connectivity index (χ4v) is 6.12. The van der Waals surface area contributed by atoms with Gasteiger partial charge in [0, 0.05) is 36.0 Å². The highest BCUT2D eigenvalue weighted by Crippen LogP contribution is 2.65. The Morgan fingerprint density at radius 1 is 0.976 bits per heavy atom. The largest absolute Gasteiger partial charge is 0.338 e. The molecule has 2 unspecified atom stereocenters. The van der Waals surface area contributed by atoms with Gasteiger partial charge in [-0.05, 0) is 72.3 Å². The number of urea groups is 2. The van der Waals surface area contributed by atoms with Crippen LogP contribution < -0.4 is 26.8 Å². The van der Waals surface area contributed by atoms with Crippen molar-refractivity contribution < 1.29 is 14.4 Å². The monoisotopic (exact) mass is 576 g/mol. The van der Waals surface area contributed by atoms with E-state index in [1.54, 1.807) is 0 Å². The number of aromatic nitrogens is 2. The maximum Gasteiger partial charge on any atom is 0.321 e. The lowest BCUT2D eigenvalue weighted by Crippen LogP contribution is -2.32. The second kappa shape index (κ2) is 12.9. The Morgan fingerprint density at radius 2 is 1.60 bits per heavy atom. The number of fused-ring (bicyclic) bond motifs is 2. The van der Waals surface area contributed by atoms with Gasteiger partial charge in [-0.15, -0.1) is 0 Å². The Bertz CT molecular complexity index is 1390. The number of nitrogens with one attached hydrogen (secondary N) is 5. The molecule has 2 aliphatic rings. The minimum absolute atomic E-state index is 0.00897. The maximum atomic E-state index is 13.1. The van der Waals surface area contributed by atoms with Crippen LogP contribution in [0.25, 0.3) is 6.08 Å². The Kier molecular flexibility index (Phi) is 9.53. The number of aromatic amines is 1. The van der Waals surface area contributed by atoms with Crippen LogP contribution in [0.15, 0.2) is 40.7 Å². The molecule has 2 saturated carbocycles. The van der Waals surface area contributed by atoms with Gasteiger partial charge in [-0.25, -0.2) is 9.59 Å². The van der Waals surface area contributed by atoms with Crippen molar-refractivity contribution in [3.8, 4) is 0 Å². The summed E-state index contributed by atoms with van der Waals surface area (Å²) in [7, 11) is 0. The molecule has 1 aromatic carbocycles. The molecule has 2 fully saturated rings. The molecule has 2 aromatic rings. The van der Waals surface area contributed by atoms with Gasteiger partial charge in [0.25, 0.3) is 5.56 Å². The van der Waals surface area contributed by atoms with Gasteiger partial charge in [-0.1, -0.05) is 59.6 Å². The van der Waals surface area contributed by atoms with Crippen molar-refractivity contribution in [3.63, 3.8) is 0 Å². The summed E-state index contributed by atoms with van der Waals surface area (Å²) in [5.74, 6) is 0.832. The number of carbonyl (C=O) groups is 3. The van der Waals surface area contributed by atoms with E-state index in [4.69, 9.17) is 0 Å². The third-order valence-corrected chi connectivity index (χ3v) is 9.15. The van der Waals surface area contributed by atoms with E-state index in [9.17, 15) is 19.2 Å². The number of Topliss-reactive ketones (excluding diaryl/α,β-unsaturated/α-hetero) is 1. The van der Waals surface area contributed by atoms with E-state index in [2.05, 4.69) is 52.0 Å². The Morgan fingerprint density at radius 3 is 2.17 bits per heavy atom. The Labute approximate surface area is 247 Å². The third-order valence-electron chi connectivity index (χ3n) is 9.15. The summed E-state index contributed by atoms with van der Waals surface area (Å²) in [6.07, 6.45) is 7.48. The number of rotatable bonds is 11. The van der Waals surface area contributed by atoms with Gasteiger partial charge < -0.3 is 20.9 Å². The van der Waals surface area contributed by atoms with Crippen LogP contribution in [0.2, 0.25) is 0 Å². The number of unbranched alkanes of at least 4 members (excludes halogenated alkanes) is 3. The smallest absolute Gasteiger partial charge is 0.321 e. The van der Waals surface area contributed by atoms with E-state index >= 15 is 0 Å². The van der Waals surface area contributed by atoms with E-state index in [0.29, 0.717) is 30.4 Å². The van der Waals surface area contributed by atoms with Crippen LogP contribution in [-0.2, 0) is 4.79 Å². The summed E-state index contributed by atoms with van der Waals surface area (Å²) in [6.45, 7) is 11.5. The lowest BCUT2D eigenvalue weighted by molar-refractivity contribution is -0.125. The van der Waals surface area contributed by atoms with Crippen LogP contribution in [0, 0.1) is 16.7 Å². The van der Waals surface area contributed by atoms with E-state index in [0.717, 1.165) is 49.7 Å². The molecule has 0 aliphatic heterocycles. The van der Waals surface area contributed by atoms with Gasteiger partial charge in [0.2, 0.25) is 5.95 Å². The molecule has 0 saturated heterocycles. The molecule has 1 aromatic heterocycles. The number of benzene rings is 1. The van der Waals surface area contributed by atoms with Gasteiger partial charge in [0.05, 0.1) is 0 Å². The zero-order chi connectivity index (χ0) is 30.5. The number of allylic oxidation sites excluding steroid dienone is 1. The minimum atomic E-state index is -0.417. The van der Waals surface area contributed by atoms with Crippen LogP contribution >= 0.6 is 0 Å². The van der Waals surface area contributed by atoms with Crippen LogP contribution in [-0.4, -0.2) is 40.9 Å². The van der Waals surface area contributed by atoms with Gasteiger partial charge in [0.15, 0.2) is 5.78 Å². The molecule has 2 aliphatic carbocycles. The van der Waals surface area contributed by atoms with E-state index in [1.807, 2.05) is 44.2 Å². The molecule has 2 atom stereocenters. The van der Waals surface area contributed by atoms with Crippen molar-refractivity contribution >= 4 is 35.6 Å². The zero-order valence-electron chi connectivity index (χ0n) is 25.4. The molecule has 1 heterocycles. The molecule has 10 nitrogen and oxygen atoms in total. The molecule has 2 bridgehead atoms. The number of carbonyl (C=O) groups excluding carboxylic acids is 3. The molecule has 226 valence electrons. The van der Waals surface area contributed by atoms with Gasteiger partial charge >= 0.3 is 12.1 Å². The second-order valence-electron chi connectivity index (χ2n) is 12.5. The van der Waals surface area contributed by atoms with Crippen LogP contribution in [0.4, 0.5) is 21.2 Å². The topological polar surface area (TPSA) is 145 Å². The van der Waals surface area contributed by atoms with E-state index in [1.165, 1.54) is 6.07 Å². The summed E-state index contributed by atoms with van der Waals surface area (Å²) in [5.41, 5.74) is 2.64. The summed E-state index contributed by atoms with van der Waals surface area (Å²) in [4.78, 5) is 55.9. The fourth-order valence-electron chi connectivity index (χ4n) is 6.12. The van der Waals surface area contributed by atoms with Crippen molar-refractivity contribution in [2.45, 2.75) is 79.1 Å². The zero-order valence-corrected chi connectivity index (χ0v) is 25.4. The van der Waals surface area contributed by atoms with Gasteiger partial charge in [-0.2, -0.15) is 4.98 Å². The summed E-state index contributed by atoms with van der Waals surface area (Å²) in [5, 5.41) is 11.1. The first-order valence-corrected chi connectivity index (χ1v) is 15.0. The highest BCUT2D eigenvalue weighted by atomic mass is 16.2. The second-order valence-corrected chi connectivity index (χ2v) is 12.5. The number of amides is 4. The van der Waals surface area contributed by atoms with Crippen LogP contribution in [0.3, 0.4) is 0 Å². The number of hydrogen-bond donors (Lipinski definition) is 5. The van der Waals surface area contributed by atoms with Crippen molar-refractivity contribution in [2.24, 2.45) is 16.7 Å². The number of H-pyrrole nitrogens is 1. The van der Waals surface area contributed by atoms with Crippen molar-refractivity contribution in [2.75, 3.05) is 23.7 Å². The highest BCUT2D eigenvalue weighted by molar-refractivity contribution is 6.08. The first-order valence-electron chi connectivity index (χ1n) is 15.0. The van der Waals surface area contributed by atoms with Crippen molar-refractivity contribution in [1.29, 1.82) is 0 Å². The molecule has 10 heteroatoms. The number of anilines is 2. The summed E-state index contributed by atoms with van der Waals surface area (Å²) >= 11 is 0. The first kappa shape index (κ1) is 31.0. The first-order chi connectivity index (χ1) is 19.9. The van der Waals surface area contributed by atoms with Crippen LogP contribution in [0.1, 0.15) is 90.3 Å². The minimum Gasteiger partial charge on any atom is -0.338 e. The predicted molar refractivity (Wildman–Crippen MR) is 165 cm³/mol. The molecule has 42 heavy (non-hydrogen) atoms. The Hall–Kier alpha value is -3.95. The lowest BCUT2D eigenvalue weighted by Gasteiger charge is -2.31. The summed E-state index contributed by atoms with van der Waals surface area (Å²) < 4.78 is 0. The van der Waals surface area contributed by atoms with Gasteiger partial charge in [0.1, 0.15) is 0 Å². The molecular weight excluding hydrogens is 532 g/mol.